The molecule has 0 bridgehead atoms. The fraction of sp³-hybridized carbons (Fsp3) is 0.778. The molecule has 0 saturated carbocycles. The molecule has 0 aromatic heterocycles. The van der Waals surface area contributed by atoms with Crippen LogP contribution < -0.4 is 16.8 Å². The fourth-order valence-corrected chi connectivity index (χ4v) is 1.59. The molecule has 0 aromatic rings. The number of hydrogen-bond acceptors (Lipinski definition) is 5. The van der Waals surface area contributed by atoms with Gasteiger partial charge in [0.2, 0.25) is 5.91 Å². The van der Waals surface area contributed by atoms with Crippen molar-refractivity contribution in [1.82, 2.24) is 10.2 Å². The Hall–Kier alpha value is -1.18. The van der Waals surface area contributed by atoms with E-state index < -0.39 is 6.03 Å². The third kappa shape index (κ3) is 4.56. The molecule has 1 aliphatic heterocycles. The minimum absolute atomic E-state index is 0.0351. The van der Waals surface area contributed by atoms with Crippen molar-refractivity contribution in [1.29, 1.82) is 0 Å². The second-order valence-electron chi connectivity index (χ2n) is 3.69. The summed E-state index contributed by atoms with van der Waals surface area (Å²) >= 11 is 0. The van der Waals surface area contributed by atoms with Crippen molar-refractivity contribution in [3.63, 3.8) is 0 Å². The van der Waals surface area contributed by atoms with Crippen molar-refractivity contribution < 1.29 is 14.3 Å². The van der Waals surface area contributed by atoms with E-state index in [0.29, 0.717) is 19.7 Å². The van der Waals surface area contributed by atoms with Crippen molar-refractivity contribution in [2.45, 2.75) is 12.5 Å². The highest BCUT2D eigenvalue weighted by Crippen LogP contribution is 2.04. The average molecular weight is 230 g/mol. The van der Waals surface area contributed by atoms with Gasteiger partial charge in [0.05, 0.1) is 12.7 Å². The molecule has 1 fully saturated rings. The highest BCUT2D eigenvalue weighted by molar-refractivity contribution is 5.93. The number of amides is 3. The van der Waals surface area contributed by atoms with E-state index in [1.54, 1.807) is 0 Å². The van der Waals surface area contributed by atoms with E-state index in [4.69, 9.17) is 16.2 Å². The summed E-state index contributed by atoms with van der Waals surface area (Å²) in [6.45, 7) is 3.18. The number of nitrogens with one attached hydrogen (secondary N) is 1. The molecule has 1 rings (SSSR count). The number of nitrogens with zero attached hydrogens (tertiary/aromatic N) is 1. The minimum atomic E-state index is -0.813. The van der Waals surface area contributed by atoms with E-state index in [1.165, 1.54) is 0 Å². The van der Waals surface area contributed by atoms with E-state index in [1.807, 2.05) is 5.32 Å². The zero-order valence-electron chi connectivity index (χ0n) is 9.15. The normalized spacial score (nSPS) is 21.7. The number of primary amides is 1. The van der Waals surface area contributed by atoms with Gasteiger partial charge in [-0.25, -0.2) is 4.79 Å². The fourth-order valence-electron chi connectivity index (χ4n) is 1.59. The molecule has 0 radical (unpaired) electrons. The Morgan fingerprint density at radius 3 is 2.88 bits per heavy atom. The third-order valence-electron chi connectivity index (χ3n) is 2.40. The Balaban J connectivity index is 2.21. The van der Waals surface area contributed by atoms with Crippen LogP contribution in [0.15, 0.2) is 0 Å². The summed E-state index contributed by atoms with van der Waals surface area (Å²) in [5.74, 6) is -0.358. The molecule has 1 heterocycles. The molecule has 7 heteroatoms. The minimum Gasteiger partial charge on any atom is -0.374 e. The average Bonchev–Trinajstić information content (AvgIpc) is 2.26. The molecule has 1 aliphatic rings. The third-order valence-corrected chi connectivity index (χ3v) is 2.40. The molecule has 0 aliphatic carbocycles. The molecule has 0 spiro atoms. The number of imide groups is 1. The standard InChI is InChI=1S/C9H18N4O3/c10-5-7-6-13(3-4-16-7)2-1-8(14)12-9(11)15/h7H,1-6,10H2,(H3,11,12,14,15). The van der Waals surface area contributed by atoms with E-state index in [9.17, 15) is 9.59 Å². The lowest BCUT2D eigenvalue weighted by Crippen LogP contribution is -2.47. The van der Waals surface area contributed by atoms with Crippen LogP contribution in [0.5, 0.6) is 0 Å². The molecule has 16 heavy (non-hydrogen) atoms. The molecule has 1 unspecified atom stereocenters. The van der Waals surface area contributed by atoms with Crippen LogP contribution in [0, 0.1) is 0 Å². The first kappa shape index (κ1) is 12.9. The molecule has 7 nitrogen and oxygen atoms in total. The SMILES string of the molecule is NCC1CN(CCC(=O)NC(N)=O)CCO1. The van der Waals surface area contributed by atoms with Gasteiger partial charge in [0.25, 0.3) is 0 Å². The first-order valence-electron chi connectivity index (χ1n) is 5.25. The van der Waals surface area contributed by atoms with Gasteiger partial charge in [-0.2, -0.15) is 0 Å². The van der Waals surface area contributed by atoms with Crippen LogP contribution in [0.2, 0.25) is 0 Å². The van der Waals surface area contributed by atoms with Crippen LogP contribution in [-0.4, -0.2) is 55.7 Å². The monoisotopic (exact) mass is 230 g/mol. The van der Waals surface area contributed by atoms with Gasteiger partial charge in [0.1, 0.15) is 0 Å². The smallest absolute Gasteiger partial charge is 0.318 e. The van der Waals surface area contributed by atoms with Crippen molar-refractivity contribution >= 4 is 11.9 Å². The Labute approximate surface area is 94.1 Å². The number of hydrogen-bond donors (Lipinski definition) is 3. The maximum atomic E-state index is 11.2. The van der Waals surface area contributed by atoms with E-state index >= 15 is 0 Å². The van der Waals surface area contributed by atoms with Crippen molar-refractivity contribution in [2.24, 2.45) is 11.5 Å². The first-order chi connectivity index (χ1) is 7.61. The zero-order valence-corrected chi connectivity index (χ0v) is 9.15. The highest BCUT2D eigenvalue weighted by Gasteiger charge is 2.19. The lowest BCUT2D eigenvalue weighted by atomic mass is 10.2. The number of rotatable bonds is 4. The molecule has 92 valence electrons. The van der Waals surface area contributed by atoms with Crippen LogP contribution in [0.3, 0.4) is 0 Å². The lowest BCUT2D eigenvalue weighted by molar-refractivity contribution is -0.120. The lowest BCUT2D eigenvalue weighted by Gasteiger charge is -2.31. The first-order valence-corrected chi connectivity index (χ1v) is 5.25. The Morgan fingerprint density at radius 1 is 1.50 bits per heavy atom. The van der Waals surface area contributed by atoms with Gasteiger partial charge in [0.15, 0.2) is 0 Å². The summed E-state index contributed by atoms with van der Waals surface area (Å²) in [5.41, 5.74) is 10.3. The van der Waals surface area contributed by atoms with Crippen molar-refractivity contribution in [3.8, 4) is 0 Å². The van der Waals surface area contributed by atoms with Crippen molar-refractivity contribution in [3.05, 3.63) is 0 Å². The molecule has 0 aromatic carbocycles. The maximum Gasteiger partial charge on any atom is 0.318 e. The number of carbonyl (C=O) groups excluding carboxylic acids is 2. The summed E-state index contributed by atoms with van der Waals surface area (Å²) in [4.78, 5) is 23.6. The number of carbonyl (C=O) groups is 2. The van der Waals surface area contributed by atoms with Gasteiger partial charge < -0.3 is 16.2 Å². The second kappa shape index (κ2) is 6.41. The second-order valence-corrected chi connectivity index (χ2v) is 3.69. The highest BCUT2D eigenvalue weighted by atomic mass is 16.5. The summed E-state index contributed by atoms with van der Waals surface area (Å²) in [7, 11) is 0. The Bertz CT molecular complexity index is 259. The van der Waals surface area contributed by atoms with Gasteiger partial charge in [-0.1, -0.05) is 0 Å². The topological polar surface area (TPSA) is 111 Å². The summed E-state index contributed by atoms with van der Waals surface area (Å²) in [5, 5.41) is 2.02. The van der Waals surface area contributed by atoms with Crippen LogP contribution in [-0.2, 0) is 9.53 Å². The van der Waals surface area contributed by atoms with E-state index in [0.717, 1.165) is 13.1 Å². The number of ether oxygens (including phenoxy) is 1. The molecule has 1 atom stereocenters. The largest absolute Gasteiger partial charge is 0.374 e. The predicted octanol–water partition coefficient (Wildman–Crippen LogP) is -1.77. The van der Waals surface area contributed by atoms with Gasteiger partial charge in [-0.05, 0) is 0 Å². The number of morpholine rings is 1. The Morgan fingerprint density at radius 2 is 2.25 bits per heavy atom. The Kier molecular flexibility index (Phi) is 5.17. The van der Waals surface area contributed by atoms with Gasteiger partial charge in [-0.3, -0.25) is 15.0 Å². The molecule has 3 amide bonds. The summed E-state index contributed by atoms with van der Waals surface area (Å²) in [6, 6.07) is -0.813. The van der Waals surface area contributed by atoms with Gasteiger partial charge in [-0.15, -0.1) is 0 Å². The van der Waals surface area contributed by atoms with E-state index in [2.05, 4.69) is 4.90 Å². The zero-order chi connectivity index (χ0) is 12.0. The molecular formula is C9H18N4O3. The van der Waals surface area contributed by atoms with E-state index in [-0.39, 0.29) is 18.4 Å². The quantitative estimate of drug-likeness (QED) is 0.529. The van der Waals surface area contributed by atoms with Crippen LogP contribution in [0.1, 0.15) is 6.42 Å². The van der Waals surface area contributed by atoms with Crippen LogP contribution in [0.4, 0.5) is 4.79 Å². The van der Waals surface area contributed by atoms with Crippen molar-refractivity contribution in [2.75, 3.05) is 32.8 Å². The number of urea groups is 1. The van der Waals surface area contributed by atoms with Gasteiger partial charge >= 0.3 is 6.03 Å². The number of nitrogens with two attached hydrogens (primary N) is 2. The molecular weight excluding hydrogens is 212 g/mol. The van der Waals surface area contributed by atoms with Crippen LogP contribution in [0.25, 0.3) is 0 Å². The summed E-state index contributed by atoms with van der Waals surface area (Å²) in [6.07, 6.45) is 0.285. The molecule has 1 saturated heterocycles. The molecule has 5 N–H and O–H groups in total. The summed E-state index contributed by atoms with van der Waals surface area (Å²) < 4.78 is 5.39. The van der Waals surface area contributed by atoms with Crippen LogP contribution >= 0.6 is 0 Å². The predicted molar refractivity (Wildman–Crippen MR) is 57.6 cm³/mol. The maximum absolute atomic E-state index is 11.2. The van der Waals surface area contributed by atoms with Gasteiger partial charge in [0, 0.05) is 32.6 Å².